The molecule has 1 aliphatic heterocycles. The minimum Gasteiger partial charge on any atom is -0.394 e. The molecule has 0 bridgehead atoms. The molecule has 1 saturated heterocycles. The van der Waals surface area contributed by atoms with Gasteiger partial charge >= 0.3 is 0 Å². The van der Waals surface area contributed by atoms with Gasteiger partial charge in [-0.05, 0) is 77.0 Å². The number of rotatable bonds is 13. The fourth-order valence-electron chi connectivity index (χ4n) is 5.53. The third-order valence-corrected chi connectivity index (χ3v) is 8.12. The molecule has 1 atom stereocenters. The largest absolute Gasteiger partial charge is 0.394 e. The predicted molar refractivity (Wildman–Crippen MR) is 167 cm³/mol. The van der Waals surface area contributed by atoms with Crippen LogP contribution < -0.4 is 16.6 Å². The number of pyridine rings is 2. The predicted octanol–water partition coefficient (Wildman–Crippen LogP) is 4.06. The lowest BCUT2D eigenvalue weighted by molar-refractivity contribution is 0.212. The Bertz CT molecular complexity index is 1400. The van der Waals surface area contributed by atoms with Gasteiger partial charge in [0.2, 0.25) is 5.95 Å². The van der Waals surface area contributed by atoms with Gasteiger partial charge in [0.25, 0.3) is 5.56 Å². The van der Waals surface area contributed by atoms with E-state index >= 15 is 0 Å². The number of aromatic nitrogens is 4. The van der Waals surface area contributed by atoms with Gasteiger partial charge in [0.1, 0.15) is 5.52 Å². The Hall–Kier alpha value is -3.34. The van der Waals surface area contributed by atoms with E-state index in [-0.39, 0.29) is 24.2 Å². The number of likely N-dealkylation sites (tertiary alicyclic amines) is 1. The second-order valence-electron chi connectivity index (χ2n) is 11.8. The topological polar surface area (TPSA) is 125 Å². The summed E-state index contributed by atoms with van der Waals surface area (Å²) in [4.78, 5) is 31.7. The molecule has 1 fully saturated rings. The first kappa shape index (κ1) is 30.6. The molecule has 10 nitrogen and oxygen atoms in total. The van der Waals surface area contributed by atoms with Crippen molar-refractivity contribution in [3.8, 4) is 11.1 Å². The lowest BCUT2D eigenvalue weighted by Gasteiger charge is -2.31. The van der Waals surface area contributed by atoms with E-state index in [9.17, 15) is 9.90 Å². The van der Waals surface area contributed by atoms with Gasteiger partial charge < -0.3 is 30.5 Å². The van der Waals surface area contributed by atoms with Gasteiger partial charge in [0, 0.05) is 43.2 Å². The maximum Gasteiger partial charge on any atom is 0.251 e. The van der Waals surface area contributed by atoms with Crippen LogP contribution in [0.15, 0.2) is 42.0 Å². The highest BCUT2D eigenvalue weighted by atomic mass is 16.3. The SMILES string of the molecule is C=CCCN(C)Cc1cn(C2CCN(C)CC2)c(=O)cc1-c1cnc2c(NC(C)(CO)CCCC)nc(N)nc2c1. The summed E-state index contributed by atoms with van der Waals surface area (Å²) in [7, 11) is 4.21. The number of piperidine rings is 1. The van der Waals surface area contributed by atoms with Crippen molar-refractivity contribution < 1.29 is 5.11 Å². The number of fused-ring (bicyclic) bond motifs is 1. The zero-order chi connectivity index (χ0) is 29.6. The van der Waals surface area contributed by atoms with Crippen LogP contribution in [0.25, 0.3) is 22.2 Å². The summed E-state index contributed by atoms with van der Waals surface area (Å²) in [6.45, 7) is 11.4. The van der Waals surface area contributed by atoms with E-state index < -0.39 is 5.54 Å². The number of hydrogen-bond acceptors (Lipinski definition) is 9. The number of unbranched alkanes of at least 4 members (excludes halogenated alkanes) is 1. The van der Waals surface area contributed by atoms with Crippen molar-refractivity contribution in [1.82, 2.24) is 29.3 Å². The molecule has 41 heavy (non-hydrogen) atoms. The highest BCUT2D eigenvalue weighted by molar-refractivity contribution is 5.89. The van der Waals surface area contributed by atoms with Crippen LogP contribution in [-0.4, -0.2) is 80.3 Å². The van der Waals surface area contributed by atoms with Crippen molar-refractivity contribution >= 4 is 22.8 Å². The molecule has 0 saturated carbocycles. The Balaban J connectivity index is 1.76. The summed E-state index contributed by atoms with van der Waals surface area (Å²) < 4.78 is 1.93. The summed E-state index contributed by atoms with van der Waals surface area (Å²) in [5.41, 5.74) is 9.42. The molecule has 222 valence electrons. The second kappa shape index (κ2) is 13.5. The van der Waals surface area contributed by atoms with Gasteiger partial charge in [0.15, 0.2) is 5.82 Å². The first-order chi connectivity index (χ1) is 19.7. The van der Waals surface area contributed by atoms with Gasteiger partial charge in [-0.2, -0.15) is 4.98 Å². The van der Waals surface area contributed by atoms with Crippen LogP contribution in [0.4, 0.5) is 11.8 Å². The zero-order valence-electron chi connectivity index (χ0n) is 25.1. The number of nitrogens with zero attached hydrogens (tertiary/aromatic N) is 6. The normalized spacial score (nSPS) is 16.2. The molecule has 3 aromatic heterocycles. The Kier molecular flexibility index (Phi) is 10.1. The van der Waals surface area contributed by atoms with E-state index in [4.69, 9.17) is 10.7 Å². The second-order valence-corrected chi connectivity index (χ2v) is 11.8. The van der Waals surface area contributed by atoms with Crippen LogP contribution >= 0.6 is 0 Å². The minimum atomic E-state index is -0.564. The number of aliphatic hydroxyl groups excluding tert-OH is 1. The van der Waals surface area contributed by atoms with Crippen LogP contribution in [0, 0.1) is 0 Å². The van der Waals surface area contributed by atoms with Crippen LogP contribution in [0.3, 0.4) is 0 Å². The van der Waals surface area contributed by atoms with Gasteiger partial charge in [-0.25, -0.2) is 4.98 Å². The number of nitrogens with two attached hydrogens (primary N) is 1. The third kappa shape index (κ3) is 7.49. The number of nitrogens with one attached hydrogen (secondary N) is 1. The van der Waals surface area contributed by atoms with E-state index in [2.05, 4.69) is 52.7 Å². The molecule has 0 radical (unpaired) electrons. The lowest BCUT2D eigenvalue weighted by atomic mass is 9.96. The molecule has 0 amide bonds. The van der Waals surface area contributed by atoms with E-state index in [1.165, 1.54) is 0 Å². The first-order valence-corrected chi connectivity index (χ1v) is 14.7. The molecule has 1 aliphatic rings. The Morgan fingerprint density at radius 1 is 1.29 bits per heavy atom. The Morgan fingerprint density at radius 2 is 2.05 bits per heavy atom. The van der Waals surface area contributed by atoms with Crippen molar-refractivity contribution in [2.45, 2.75) is 70.5 Å². The molecule has 4 heterocycles. The summed E-state index contributed by atoms with van der Waals surface area (Å²) in [5.74, 6) is 0.616. The van der Waals surface area contributed by atoms with Crippen LogP contribution in [-0.2, 0) is 6.54 Å². The number of hydrogen-bond donors (Lipinski definition) is 3. The zero-order valence-corrected chi connectivity index (χ0v) is 25.1. The fraction of sp³-hybridized carbons (Fsp3) is 0.548. The number of nitrogen functional groups attached to an aromatic ring is 1. The van der Waals surface area contributed by atoms with Gasteiger partial charge in [-0.15, -0.1) is 6.58 Å². The van der Waals surface area contributed by atoms with Gasteiger partial charge in [-0.3, -0.25) is 9.78 Å². The van der Waals surface area contributed by atoms with E-state index in [1.807, 2.05) is 29.8 Å². The highest BCUT2D eigenvalue weighted by Gasteiger charge is 2.25. The van der Waals surface area contributed by atoms with E-state index in [0.717, 1.165) is 74.8 Å². The molecule has 0 aliphatic carbocycles. The third-order valence-electron chi connectivity index (χ3n) is 8.12. The molecule has 0 aromatic carbocycles. The van der Waals surface area contributed by atoms with E-state index in [1.54, 1.807) is 12.3 Å². The molecule has 1 unspecified atom stereocenters. The molecule has 10 heteroatoms. The molecule has 4 rings (SSSR count). The summed E-state index contributed by atoms with van der Waals surface area (Å²) >= 11 is 0. The quantitative estimate of drug-likeness (QED) is 0.264. The van der Waals surface area contributed by atoms with Gasteiger partial charge in [0.05, 0.1) is 17.7 Å². The minimum absolute atomic E-state index is 0.00802. The van der Waals surface area contributed by atoms with Crippen molar-refractivity contribution in [3.05, 3.63) is 53.1 Å². The Labute approximate surface area is 243 Å². The van der Waals surface area contributed by atoms with Crippen LogP contribution in [0.2, 0.25) is 0 Å². The Morgan fingerprint density at radius 3 is 2.73 bits per heavy atom. The van der Waals surface area contributed by atoms with E-state index in [0.29, 0.717) is 23.4 Å². The van der Waals surface area contributed by atoms with Crippen molar-refractivity contribution in [3.63, 3.8) is 0 Å². The molecule has 0 spiro atoms. The maximum atomic E-state index is 13.5. The maximum absolute atomic E-state index is 13.5. The number of aliphatic hydroxyl groups is 1. The average Bonchev–Trinajstić information content (AvgIpc) is 2.95. The molecular weight excluding hydrogens is 516 g/mol. The highest BCUT2D eigenvalue weighted by Crippen LogP contribution is 2.31. The first-order valence-electron chi connectivity index (χ1n) is 14.7. The fourth-order valence-corrected chi connectivity index (χ4v) is 5.53. The van der Waals surface area contributed by atoms with Crippen molar-refractivity contribution in [1.29, 1.82) is 0 Å². The van der Waals surface area contributed by atoms with Crippen molar-refractivity contribution in [2.75, 3.05) is 51.4 Å². The summed E-state index contributed by atoms with van der Waals surface area (Å²) in [5, 5.41) is 13.5. The molecular formula is C31H46N8O2. The monoisotopic (exact) mass is 562 g/mol. The molecule has 4 N–H and O–H groups in total. The molecule has 3 aromatic rings. The number of anilines is 2. The standard InChI is InChI=1S/C31H46N8O2/c1-6-8-12-31(3,21-40)36-29-28-26(34-30(32)35-29)16-22(18-33-28)25-17-27(41)39(24-10-14-37(4)15-11-24)20-23(25)19-38(5)13-9-7-2/h7,16-18,20,24,40H,2,6,8-15,19,21H2,1,3-5H3,(H3,32,34,35,36). The smallest absolute Gasteiger partial charge is 0.251 e. The average molecular weight is 563 g/mol. The summed E-state index contributed by atoms with van der Waals surface area (Å²) in [6, 6.07) is 3.86. The van der Waals surface area contributed by atoms with Gasteiger partial charge in [-0.1, -0.05) is 25.8 Å². The lowest BCUT2D eigenvalue weighted by Crippen LogP contribution is -2.39. The van der Waals surface area contributed by atoms with Crippen molar-refractivity contribution in [2.24, 2.45) is 0 Å². The summed E-state index contributed by atoms with van der Waals surface area (Å²) in [6.07, 6.45) is 11.3. The van der Waals surface area contributed by atoms with Crippen LogP contribution in [0.5, 0.6) is 0 Å². The van der Waals surface area contributed by atoms with Crippen LogP contribution in [0.1, 0.15) is 64.0 Å².